The molecule has 5 heteroatoms. The summed E-state index contributed by atoms with van der Waals surface area (Å²) in [7, 11) is 1.81. The zero-order chi connectivity index (χ0) is 21.1. The van der Waals surface area contributed by atoms with E-state index >= 15 is 0 Å². The number of hydrogen-bond acceptors (Lipinski definition) is 3. The summed E-state index contributed by atoms with van der Waals surface area (Å²) >= 11 is 0. The molecule has 0 aliphatic heterocycles. The second kappa shape index (κ2) is 12.0. The molecule has 1 aromatic carbocycles. The molecular weight excluding hydrogens is 364 g/mol. The van der Waals surface area contributed by atoms with E-state index in [9.17, 15) is 9.59 Å². The van der Waals surface area contributed by atoms with Gasteiger partial charge in [-0.15, -0.1) is 0 Å². The Kier molecular flexibility index (Phi) is 9.35. The van der Waals surface area contributed by atoms with Crippen molar-refractivity contribution in [1.29, 1.82) is 0 Å². The number of benzene rings is 1. The lowest BCUT2D eigenvalue weighted by Gasteiger charge is -2.18. The second-order valence-electron chi connectivity index (χ2n) is 7.46. The standard InChI is InChI=1S/C24H32N2O3/c1-3-4-5-6-7-8-9-23(27)26(2)21-16-17-25-22(18-21)20-13-10-19(11-14-20)12-15-24(28)29/h10-11,13-14,16-18H,3-9,12,15H2,1-2H3,(H,28,29). The number of unbranched alkanes of at least 4 members (excludes halogenated alkanes) is 5. The number of carboxylic acid groups (broad SMARTS) is 1. The Morgan fingerprint density at radius 2 is 1.66 bits per heavy atom. The number of aromatic nitrogens is 1. The maximum absolute atomic E-state index is 12.5. The van der Waals surface area contributed by atoms with Crippen LogP contribution in [0.4, 0.5) is 5.69 Å². The monoisotopic (exact) mass is 396 g/mol. The molecule has 5 nitrogen and oxygen atoms in total. The van der Waals surface area contributed by atoms with Crippen LogP contribution in [0, 0.1) is 0 Å². The molecule has 0 bridgehead atoms. The van der Waals surface area contributed by atoms with Gasteiger partial charge in [0.15, 0.2) is 0 Å². The predicted octanol–water partition coefficient (Wildman–Crippen LogP) is 5.48. The van der Waals surface area contributed by atoms with Crippen LogP contribution in [-0.2, 0) is 16.0 Å². The molecule has 0 fully saturated rings. The minimum absolute atomic E-state index is 0.124. The lowest BCUT2D eigenvalue weighted by Crippen LogP contribution is -2.25. The van der Waals surface area contributed by atoms with Crippen molar-refractivity contribution >= 4 is 17.6 Å². The number of anilines is 1. The van der Waals surface area contributed by atoms with Crippen LogP contribution < -0.4 is 4.90 Å². The molecular formula is C24H32N2O3. The Morgan fingerprint density at radius 3 is 2.34 bits per heavy atom. The fourth-order valence-corrected chi connectivity index (χ4v) is 3.25. The second-order valence-corrected chi connectivity index (χ2v) is 7.46. The molecule has 0 saturated carbocycles. The summed E-state index contributed by atoms with van der Waals surface area (Å²) < 4.78 is 0. The minimum Gasteiger partial charge on any atom is -0.481 e. The number of aryl methyl sites for hydroxylation is 1. The van der Waals surface area contributed by atoms with E-state index in [0.717, 1.165) is 35.3 Å². The van der Waals surface area contributed by atoms with Gasteiger partial charge in [0, 0.05) is 37.3 Å². The van der Waals surface area contributed by atoms with E-state index in [0.29, 0.717) is 12.8 Å². The Bertz CT molecular complexity index is 787. The zero-order valence-corrected chi connectivity index (χ0v) is 17.6. The number of carbonyl (C=O) groups is 2. The summed E-state index contributed by atoms with van der Waals surface area (Å²) in [6, 6.07) is 11.5. The van der Waals surface area contributed by atoms with Crippen molar-refractivity contribution in [2.45, 2.75) is 64.7 Å². The fraction of sp³-hybridized carbons (Fsp3) is 0.458. The third kappa shape index (κ3) is 7.68. The first-order valence-electron chi connectivity index (χ1n) is 10.5. The molecule has 0 unspecified atom stereocenters. The largest absolute Gasteiger partial charge is 0.481 e. The topological polar surface area (TPSA) is 70.5 Å². The lowest BCUT2D eigenvalue weighted by atomic mass is 10.0. The van der Waals surface area contributed by atoms with E-state index in [-0.39, 0.29) is 12.3 Å². The van der Waals surface area contributed by atoms with Gasteiger partial charge >= 0.3 is 5.97 Å². The van der Waals surface area contributed by atoms with Gasteiger partial charge in [0.1, 0.15) is 0 Å². The van der Waals surface area contributed by atoms with Crippen molar-refractivity contribution in [3.63, 3.8) is 0 Å². The van der Waals surface area contributed by atoms with Crippen LogP contribution in [0.5, 0.6) is 0 Å². The summed E-state index contributed by atoms with van der Waals surface area (Å²) in [6.07, 6.45) is 9.92. The Labute approximate surface area is 173 Å². The number of amides is 1. The molecule has 2 rings (SSSR count). The third-order valence-electron chi connectivity index (χ3n) is 5.13. The first-order chi connectivity index (χ1) is 14.0. The van der Waals surface area contributed by atoms with Crippen LogP contribution in [0.15, 0.2) is 42.6 Å². The summed E-state index contributed by atoms with van der Waals surface area (Å²) in [4.78, 5) is 29.3. The van der Waals surface area contributed by atoms with Crippen LogP contribution in [0.1, 0.15) is 63.9 Å². The molecule has 1 aromatic heterocycles. The van der Waals surface area contributed by atoms with Crippen molar-refractivity contribution in [3.8, 4) is 11.3 Å². The molecule has 0 atom stereocenters. The highest BCUT2D eigenvalue weighted by Gasteiger charge is 2.12. The maximum atomic E-state index is 12.5. The molecule has 1 N–H and O–H groups in total. The van der Waals surface area contributed by atoms with E-state index in [4.69, 9.17) is 5.11 Å². The van der Waals surface area contributed by atoms with Gasteiger partial charge in [-0.2, -0.15) is 0 Å². The smallest absolute Gasteiger partial charge is 0.303 e. The number of carbonyl (C=O) groups excluding carboxylic acids is 1. The van der Waals surface area contributed by atoms with Gasteiger partial charge in [-0.25, -0.2) is 0 Å². The van der Waals surface area contributed by atoms with Gasteiger partial charge in [0.25, 0.3) is 0 Å². The predicted molar refractivity (Wildman–Crippen MR) is 117 cm³/mol. The average molecular weight is 397 g/mol. The van der Waals surface area contributed by atoms with Crippen molar-refractivity contribution in [2.24, 2.45) is 0 Å². The summed E-state index contributed by atoms with van der Waals surface area (Å²) in [5, 5.41) is 8.79. The third-order valence-corrected chi connectivity index (χ3v) is 5.13. The molecule has 0 aliphatic rings. The summed E-state index contributed by atoms with van der Waals surface area (Å²) in [5.74, 6) is -0.668. The minimum atomic E-state index is -0.794. The van der Waals surface area contributed by atoms with E-state index in [1.807, 2.05) is 43.4 Å². The molecule has 29 heavy (non-hydrogen) atoms. The SMILES string of the molecule is CCCCCCCCC(=O)N(C)c1ccnc(-c2ccc(CCC(=O)O)cc2)c1. The van der Waals surface area contributed by atoms with Gasteiger partial charge in [-0.3, -0.25) is 14.6 Å². The van der Waals surface area contributed by atoms with Gasteiger partial charge in [0.05, 0.1) is 5.69 Å². The van der Waals surface area contributed by atoms with E-state index in [1.165, 1.54) is 25.7 Å². The summed E-state index contributed by atoms with van der Waals surface area (Å²) in [5.41, 5.74) is 3.56. The quantitative estimate of drug-likeness (QED) is 0.482. The molecule has 0 radical (unpaired) electrons. The molecule has 0 spiro atoms. The number of nitrogens with zero attached hydrogens (tertiary/aromatic N) is 2. The van der Waals surface area contributed by atoms with Crippen molar-refractivity contribution < 1.29 is 14.7 Å². The van der Waals surface area contributed by atoms with Gasteiger partial charge in [-0.05, 0) is 30.5 Å². The lowest BCUT2D eigenvalue weighted by molar-refractivity contribution is -0.137. The highest BCUT2D eigenvalue weighted by molar-refractivity contribution is 5.93. The zero-order valence-electron chi connectivity index (χ0n) is 17.6. The Balaban J connectivity index is 1.94. The Hall–Kier alpha value is -2.69. The molecule has 156 valence electrons. The van der Waals surface area contributed by atoms with E-state index < -0.39 is 5.97 Å². The van der Waals surface area contributed by atoms with Crippen molar-refractivity contribution in [3.05, 3.63) is 48.2 Å². The summed E-state index contributed by atoms with van der Waals surface area (Å²) in [6.45, 7) is 2.20. The fourth-order valence-electron chi connectivity index (χ4n) is 3.25. The number of carboxylic acids is 1. The molecule has 0 saturated heterocycles. The molecule has 0 aliphatic carbocycles. The highest BCUT2D eigenvalue weighted by atomic mass is 16.4. The van der Waals surface area contributed by atoms with Crippen molar-refractivity contribution in [1.82, 2.24) is 4.98 Å². The first-order valence-corrected chi connectivity index (χ1v) is 10.5. The number of aliphatic carboxylic acids is 1. The van der Waals surface area contributed by atoms with E-state index in [1.54, 1.807) is 11.1 Å². The Morgan fingerprint density at radius 1 is 0.966 bits per heavy atom. The van der Waals surface area contributed by atoms with Crippen molar-refractivity contribution in [2.75, 3.05) is 11.9 Å². The van der Waals surface area contributed by atoms with Gasteiger partial charge < -0.3 is 10.0 Å². The van der Waals surface area contributed by atoms with Gasteiger partial charge in [-0.1, -0.05) is 63.3 Å². The highest BCUT2D eigenvalue weighted by Crippen LogP contribution is 2.23. The van der Waals surface area contributed by atoms with Crippen LogP contribution in [0.25, 0.3) is 11.3 Å². The van der Waals surface area contributed by atoms with E-state index in [2.05, 4.69) is 11.9 Å². The van der Waals surface area contributed by atoms with Crippen LogP contribution >= 0.6 is 0 Å². The number of rotatable bonds is 12. The van der Waals surface area contributed by atoms with Crippen LogP contribution in [0.2, 0.25) is 0 Å². The first kappa shape index (κ1) is 22.6. The van der Waals surface area contributed by atoms with Crippen LogP contribution in [0.3, 0.4) is 0 Å². The molecule has 2 aromatic rings. The maximum Gasteiger partial charge on any atom is 0.303 e. The molecule has 1 heterocycles. The number of pyridine rings is 1. The number of hydrogen-bond donors (Lipinski definition) is 1. The van der Waals surface area contributed by atoms with Gasteiger partial charge in [0.2, 0.25) is 5.91 Å². The normalized spacial score (nSPS) is 10.7. The molecule has 1 amide bonds. The van der Waals surface area contributed by atoms with Crippen LogP contribution in [-0.4, -0.2) is 29.0 Å². The average Bonchev–Trinajstić information content (AvgIpc) is 2.74.